The highest BCUT2D eigenvalue weighted by atomic mass is 19.4. The first-order chi connectivity index (χ1) is 7.74. The molecule has 2 N–H and O–H groups in total. The number of hydrogen-bond donors (Lipinski definition) is 1. The summed E-state index contributed by atoms with van der Waals surface area (Å²) >= 11 is 0. The van der Waals surface area contributed by atoms with Crippen LogP contribution < -0.4 is 10.5 Å². The first kappa shape index (κ1) is 13.8. The lowest BCUT2D eigenvalue weighted by Gasteiger charge is -2.29. The Hall–Kier alpha value is -1.23. The van der Waals surface area contributed by atoms with Crippen LogP contribution >= 0.6 is 0 Å². The molecule has 96 valence electrons. The molecule has 0 aromatic heterocycles. The molecule has 0 aliphatic carbocycles. The second kappa shape index (κ2) is 4.56. The molecule has 1 rings (SSSR count). The van der Waals surface area contributed by atoms with Gasteiger partial charge in [0.25, 0.3) is 0 Å². The van der Waals surface area contributed by atoms with Gasteiger partial charge >= 0.3 is 6.18 Å². The van der Waals surface area contributed by atoms with Crippen molar-refractivity contribution in [2.24, 2.45) is 5.73 Å². The molecule has 0 aliphatic heterocycles. The highest BCUT2D eigenvalue weighted by molar-refractivity contribution is 5.46. The summed E-state index contributed by atoms with van der Waals surface area (Å²) in [6, 6.07) is 3.83. The van der Waals surface area contributed by atoms with Crippen LogP contribution in [-0.4, -0.2) is 7.11 Å². The number of halogens is 3. The number of benzene rings is 1. The topological polar surface area (TPSA) is 35.2 Å². The van der Waals surface area contributed by atoms with Crippen molar-refractivity contribution in [3.63, 3.8) is 0 Å². The molecule has 0 amide bonds. The zero-order chi connectivity index (χ0) is 13.3. The van der Waals surface area contributed by atoms with Crippen molar-refractivity contribution in [3.8, 4) is 5.75 Å². The number of rotatable bonds is 3. The van der Waals surface area contributed by atoms with E-state index in [0.717, 1.165) is 6.07 Å². The van der Waals surface area contributed by atoms with Gasteiger partial charge in [0.1, 0.15) is 5.75 Å². The second-order valence-electron chi connectivity index (χ2n) is 4.15. The van der Waals surface area contributed by atoms with E-state index in [1.54, 1.807) is 13.8 Å². The Kier molecular flexibility index (Phi) is 3.71. The predicted octanol–water partition coefficient (Wildman–Crippen LogP) is 3.30. The number of nitrogens with two attached hydrogens (primary N) is 1. The first-order valence-electron chi connectivity index (χ1n) is 5.27. The van der Waals surface area contributed by atoms with Gasteiger partial charge < -0.3 is 10.5 Å². The maximum atomic E-state index is 12.9. The molecule has 5 heteroatoms. The standard InChI is InChI=1S/C12H16F3NO/c1-4-11(2,16)10-8(12(13,14)15)6-5-7-9(10)17-3/h5-7H,4,16H2,1-3H3. The Labute approximate surface area is 98.6 Å². The molecule has 1 atom stereocenters. The molecule has 1 aromatic rings. The number of alkyl halides is 3. The highest BCUT2D eigenvalue weighted by Crippen LogP contribution is 2.41. The third-order valence-electron chi connectivity index (χ3n) is 2.86. The van der Waals surface area contributed by atoms with Gasteiger partial charge in [-0.1, -0.05) is 13.0 Å². The maximum absolute atomic E-state index is 12.9. The molecule has 0 heterocycles. The maximum Gasteiger partial charge on any atom is 0.416 e. The molecule has 0 bridgehead atoms. The summed E-state index contributed by atoms with van der Waals surface area (Å²) in [5, 5.41) is 0. The molecule has 0 fully saturated rings. The molecule has 0 saturated carbocycles. The van der Waals surface area contributed by atoms with Crippen LogP contribution in [0.15, 0.2) is 18.2 Å². The molecule has 0 saturated heterocycles. The lowest BCUT2D eigenvalue weighted by Crippen LogP contribution is -2.35. The zero-order valence-electron chi connectivity index (χ0n) is 10.1. The van der Waals surface area contributed by atoms with E-state index in [2.05, 4.69) is 0 Å². The fraction of sp³-hybridized carbons (Fsp3) is 0.500. The zero-order valence-corrected chi connectivity index (χ0v) is 10.1. The number of hydrogen-bond acceptors (Lipinski definition) is 2. The molecule has 0 spiro atoms. The van der Waals surface area contributed by atoms with E-state index < -0.39 is 17.3 Å². The summed E-state index contributed by atoms with van der Waals surface area (Å²) in [6.07, 6.45) is -4.05. The van der Waals surface area contributed by atoms with Crippen LogP contribution in [0.1, 0.15) is 31.4 Å². The average Bonchev–Trinajstić information content (AvgIpc) is 2.26. The van der Waals surface area contributed by atoms with E-state index in [9.17, 15) is 13.2 Å². The third kappa shape index (κ3) is 2.72. The summed E-state index contributed by atoms with van der Waals surface area (Å²) in [4.78, 5) is 0. The van der Waals surface area contributed by atoms with E-state index in [1.807, 2.05) is 0 Å². The van der Waals surface area contributed by atoms with Gasteiger partial charge in [0.05, 0.1) is 12.7 Å². The van der Waals surface area contributed by atoms with Gasteiger partial charge in [-0.15, -0.1) is 0 Å². The smallest absolute Gasteiger partial charge is 0.416 e. The summed E-state index contributed by atoms with van der Waals surface area (Å²) in [7, 11) is 1.34. The predicted molar refractivity (Wildman–Crippen MR) is 59.8 cm³/mol. The van der Waals surface area contributed by atoms with Crippen LogP contribution in [-0.2, 0) is 11.7 Å². The van der Waals surface area contributed by atoms with Crippen LogP contribution in [0.3, 0.4) is 0 Å². The summed E-state index contributed by atoms with van der Waals surface area (Å²) < 4.78 is 43.8. The quantitative estimate of drug-likeness (QED) is 0.889. The average molecular weight is 247 g/mol. The summed E-state index contributed by atoms with van der Waals surface area (Å²) in [5.74, 6) is 0.173. The van der Waals surface area contributed by atoms with Crippen molar-refractivity contribution in [1.82, 2.24) is 0 Å². The van der Waals surface area contributed by atoms with E-state index in [1.165, 1.54) is 19.2 Å². The van der Waals surface area contributed by atoms with Crippen molar-refractivity contribution in [2.75, 3.05) is 7.11 Å². The highest BCUT2D eigenvalue weighted by Gasteiger charge is 2.39. The molecule has 17 heavy (non-hydrogen) atoms. The van der Waals surface area contributed by atoms with E-state index in [-0.39, 0.29) is 11.3 Å². The molecule has 1 unspecified atom stereocenters. The van der Waals surface area contributed by atoms with Crippen molar-refractivity contribution in [3.05, 3.63) is 29.3 Å². The monoisotopic (exact) mass is 247 g/mol. The van der Waals surface area contributed by atoms with E-state index >= 15 is 0 Å². The van der Waals surface area contributed by atoms with E-state index in [4.69, 9.17) is 10.5 Å². The molecular weight excluding hydrogens is 231 g/mol. The van der Waals surface area contributed by atoms with Gasteiger partial charge in [0.2, 0.25) is 0 Å². The lowest BCUT2D eigenvalue weighted by atomic mass is 9.86. The van der Waals surface area contributed by atoms with Crippen LogP contribution in [0.4, 0.5) is 13.2 Å². The van der Waals surface area contributed by atoms with Crippen LogP contribution in [0, 0.1) is 0 Å². The van der Waals surface area contributed by atoms with Crippen LogP contribution in [0.25, 0.3) is 0 Å². The molecular formula is C12H16F3NO. The minimum absolute atomic E-state index is 0.0116. The fourth-order valence-corrected chi connectivity index (χ4v) is 1.70. The van der Waals surface area contributed by atoms with Crippen molar-refractivity contribution < 1.29 is 17.9 Å². The summed E-state index contributed by atoms with van der Waals surface area (Å²) in [5.41, 5.74) is 4.14. The van der Waals surface area contributed by atoms with E-state index in [0.29, 0.717) is 6.42 Å². The van der Waals surface area contributed by atoms with Crippen molar-refractivity contribution in [1.29, 1.82) is 0 Å². The molecule has 2 nitrogen and oxygen atoms in total. The normalized spacial score (nSPS) is 15.5. The van der Waals surface area contributed by atoms with Crippen molar-refractivity contribution >= 4 is 0 Å². The second-order valence-corrected chi connectivity index (χ2v) is 4.15. The molecule has 1 aromatic carbocycles. The fourth-order valence-electron chi connectivity index (χ4n) is 1.70. The Balaban J connectivity index is 3.52. The van der Waals surface area contributed by atoms with Gasteiger partial charge in [-0.25, -0.2) is 0 Å². The Morgan fingerprint density at radius 3 is 2.29 bits per heavy atom. The lowest BCUT2D eigenvalue weighted by molar-refractivity contribution is -0.138. The van der Waals surface area contributed by atoms with Crippen LogP contribution in [0.5, 0.6) is 5.75 Å². The molecule has 0 radical (unpaired) electrons. The Morgan fingerprint density at radius 1 is 1.29 bits per heavy atom. The van der Waals surface area contributed by atoms with Gasteiger partial charge in [0, 0.05) is 11.1 Å². The molecule has 0 aliphatic rings. The largest absolute Gasteiger partial charge is 0.496 e. The third-order valence-corrected chi connectivity index (χ3v) is 2.86. The summed E-state index contributed by atoms with van der Waals surface area (Å²) in [6.45, 7) is 3.31. The van der Waals surface area contributed by atoms with Gasteiger partial charge in [-0.05, 0) is 25.5 Å². The minimum atomic E-state index is -4.43. The number of methoxy groups -OCH3 is 1. The Bertz CT molecular complexity index is 399. The van der Waals surface area contributed by atoms with Crippen LogP contribution in [0.2, 0.25) is 0 Å². The number of ether oxygens (including phenoxy) is 1. The van der Waals surface area contributed by atoms with Gasteiger partial charge in [-0.3, -0.25) is 0 Å². The van der Waals surface area contributed by atoms with Gasteiger partial charge in [-0.2, -0.15) is 13.2 Å². The van der Waals surface area contributed by atoms with Crippen molar-refractivity contribution in [2.45, 2.75) is 32.0 Å². The van der Waals surface area contributed by atoms with Gasteiger partial charge in [0.15, 0.2) is 0 Å². The Morgan fingerprint density at radius 2 is 1.88 bits per heavy atom. The first-order valence-corrected chi connectivity index (χ1v) is 5.27. The SMILES string of the molecule is CCC(C)(N)c1c(OC)cccc1C(F)(F)F. The minimum Gasteiger partial charge on any atom is -0.496 e.